The number of carbonyl (C=O) groups is 2. The van der Waals surface area contributed by atoms with Crippen LogP contribution in [0.5, 0.6) is 0 Å². The third-order valence-electron chi connectivity index (χ3n) is 4.97. The van der Waals surface area contributed by atoms with Gasteiger partial charge in [-0.2, -0.15) is 0 Å². The summed E-state index contributed by atoms with van der Waals surface area (Å²) < 4.78 is 0. The number of ketones is 2. The summed E-state index contributed by atoms with van der Waals surface area (Å²) in [6, 6.07) is 0. The van der Waals surface area contributed by atoms with Crippen LogP contribution in [0.4, 0.5) is 0 Å². The van der Waals surface area contributed by atoms with Crippen molar-refractivity contribution in [1.29, 1.82) is 0 Å². The van der Waals surface area contributed by atoms with Gasteiger partial charge in [-0.05, 0) is 31.1 Å². The Balaban J connectivity index is 2.49. The Bertz CT molecular complexity index is 316. The van der Waals surface area contributed by atoms with Gasteiger partial charge >= 0.3 is 0 Å². The van der Waals surface area contributed by atoms with Crippen LogP contribution in [0.25, 0.3) is 0 Å². The molecular weight excluding hydrogens is 176 g/mol. The Morgan fingerprint density at radius 2 is 1.93 bits per heavy atom. The molecule has 3 atom stereocenters. The Morgan fingerprint density at radius 3 is 2.21 bits per heavy atom. The Kier molecular flexibility index (Phi) is 1.74. The van der Waals surface area contributed by atoms with Gasteiger partial charge < -0.3 is 0 Å². The second kappa shape index (κ2) is 2.47. The van der Waals surface area contributed by atoms with E-state index in [-0.39, 0.29) is 34.2 Å². The van der Waals surface area contributed by atoms with Crippen LogP contribution in [-0.2, 0) is 9.59 Å². The fraction of sp³-hybridized carbons (Fsp3) is 0.833. The Labute approximate surface area is 85.1 Å². The van der Waals surface area contributed by atoms with Gasteiger partial charge in [0.15, 0.2) is 0 Å². The highest BCUT2D eigenvalue weighted by Gasteiger charge is 2.67. The first-order chi connectivity index (χ1) is 6.32. The van der Waals surface area contributed by atoms with Gasteiger partial charge in [-0.3, -0.25) is 9.59 Å². The smallest absolute Gasteiger partial charge is 0.150 e. The molecule has 2 saturated carbocycles. The van der Waals surface area contributed by atoms with E-state index in [2.05, 4.69) is 13.8 Å². The van der Waals surface area contributed by atoms with Crippen LogP contribution in [0.1, 0.15) is 40.5 Å². The van der Waals surface area contributed by atoms with E-state index >= 15 is 0 Å². The molecule has 2 aliphatic carbocycles. The molecule has 0 spiro atoms. The molecule has 0 N–H and O–H groups in total. The maximum Gasteiger partial charge on any atom is 0.150 e. The summed E-state index contributed by atoms with van der Waals surface area (Å²) in [7, 11) is 0. The maximum atomic E-state index is 12.1. The lowest BCUT2D eigenvalue weighted by Gasteiger charge is -2.32. The second-order valence-electron chi connectivity index (χ2n) is 5.65. The largest absolute Gasteiger partial charge is 0.299 e. The van der Waals surface area contributed by atoms with E-state index < -0.39 is 0 Å². The fourth-order valence-electron chi connectivity index (χ4n) is 3.55. The molecule has 2 heteroatoms. The molecule has 2 bridgehead atoms. The van der Waals surface area contributed by atoms with Crippen LogP contribution in [0.2, 0.25) is 0 Å². The van der Waals surface area contributed by atoms with Crippen molar-refractivity contribution in [2.45, 2.75) is 40.5 Å². The molecule has 0 amide bonds. The van der Waals surface area contributed by atoms with Gasteiger partial charge in [-0.25, -0.2) is 0 Å². The van der Waals surface area contributed by atoms with Gasteiger partial charge in [0.2, 0.25) is 0 Å². The highest BCUT2D eigenvalue weighted by Crippen LogP contribution is 2.65. The molecule has 0 aromatic heterocycles. The number of fused-ring (bicyclic) bond motifs is 2. The van der Waals surface area contributed by atoms with E-state index in [0.29, 0.717) is 0 Å². The molecule has 2 rings (SSSR count). The Hall–Kier alpha value is -0.660. The molecule has 2 nitrogen and oxygen atoms in total. The molecule has 0 aromatic carbocycles. The van der Waals surface area contributed by atoms with E-state index in [1.54, 1.807) is 6.92 Å². The van der Waals surface area contributed by atoms with Crippen molar-refractivity contribution in [2.75, 3.05) is 0 Å². The average molecular weight is 194 g/mol. The average Bonchev–Trinajstić information content (AvgIpc) is 2.35. The summed E-state index contributed by atoms with van der Waals surface area (Å²) in [6.07, 6.45) is 2.01. The molecule has 0 radical (unpaired) electrons. The van der Waals surface area contributed by atoms with Crippen molar-refractivity contribution < 1.29 is 9.59 Å². The van der Waals surface area contributed by atoms with Crippen LogP contribution >= 0.6 is 0 Å². The van der Waals surface area contributed by atoms with E-state index in [4.69, 9.17) is 0 Å². The molecule has 0 aromatic rings. The van der Waals surface area contributed by atoms with Crippen molar-refractivity contribution in [3.8, 4) is 0 Å². The fourth-order valence-corrected chi connectivity index (χ4v) is 3.55. The van der Waals surface area contributed by atoms with Crippen molar-refractivity contribution >= 4 is 11.6 Å². The van der Waals surface area contributed by atoms with Gasteiger partial charge in [-0.15, -0.1) is 0 Å². The van der Waals surface area contributed by atoms with Crippen molar-refractivity contribution in [2.24, 2.45) is 22.7 Å². The first-order valence-electron chi connectivity index (χ1n) is 5.37. The predicted octanol–water partition coefficient (Wildman–Crippen LogP) is 2.22. The van der Waals surface area contributed by atoms with Crippen LogP contribution < -0.4 is 0 Å². The maximum absolute atomic E-state index is 12.1. The molecule has 0 heterocycles. The lowest BCUT2D eigenvalue weighted by molar-refractivity contribution is -0.137. The lowest BCUT2D eigenvalue weighted by Crippen LogP contribution is -2.34. The van der Waals surface area contributed by atoms with Gasteiger partial charge in [0, 0.05) is 5.41 Å². The summed E-state index contributed by atoms with van der Waals surface area (Å²) >= 11 is 0. The van der Waals surface area contributed by atoms with Crippen molar-refractivity contribution in [3.63, 3.8) is 0 Å². The van der Waals surface area contributed by atoms with E-state index in [9.17, 15) is 9.59 Å². The monoisotopic (exact) mass is 194 g/mol. The van der Waals surface area contributed by atoms with Gasteiger partial charge in [0.05, 0.1) is 5.92 Å². The van der Waals surface area contributed by atoms with Crippen molar-refractivity contribution in [3.05, 3.63) is 0 Å². The third kappa shape index (κ3) is 0.825. The highest BCUT2D eigenvalue weighted by molar-refractivity contribution is 6.07. The van der Waals surface area contributed by atoms with Crippen LogP contribution in [0.3, 0.4) is 0 Å². The van der Waals surface area contributed by atoms with E-state index in [0.717, 1.165) is 12.8 Å². The molecule has 2 fully saturated rings. The zero-order valence-electron chi connectivity index (χ0n) is 9.39. The van der Waals surface area contributed by atoms with Crippen LogP contribution in [-0.4, -0.2) is 11.6 Å². The minimum Gasteiger partial charge on any atom is -0.299 e. The summed E-state index contributed by atoms with van der Waals surface area (Å²) in [4.78, 5) is 23.6. The molecule has 78 valence electrons. The van der Waals surface area contributed by atoms with Gasteiger partial charge in [0.25, 0.3) is 0 Å². The summed E-state index contributed by atoms with van der Waals surface area (Å²) in [6.45, 7) is 7.89. The molecular formula is C12H18O2. The van der Waals surface area contributed by atoms with Crippen molar-refractivity contribution in [1.82, 2.24) is 0 Å². The minimum atomic E-state index is -0.302. The number of hydrogen-bond acceptors (Lipinski definition) is 2. The quantitative estimate of drug-likeness (QED) is 0.600. The number of Topliss-reactive ketones (excluding diaryl/α,β-unsaturated/α-hetero) is 2. The lowest BCUT2D eigenvalue weighted by atomic mass is 9.70. The number of rotatable bonds is 1. The molecule has 0 aliphatic heterocycles. The minimum absolute atomic E-state index is 0.0143. The normalized spacial score (nSPS) is 44.4. The SMILES string of the molecule is CC(=O)C1C(=O)[C@]2(C)CCC1C2(C)C. The molecule has 2 aliphatic rings. The van der Waals surface area contributed by atoms with Crippen LogP contribution in [0.15, 0.2) is 0 Å². The van der Waals surface area contributed by atoms with Gasteiger partial charge in [-0.1, -0.05) is 20.8 Å². The van der Waals surface area contributed by atoms with E-state index in [1.165, 1.54) is 0 Å². The Morgan fingerprint density at radius 1 is 1.36 bits per heavy atom. The summed E-state index contributed by atoms with van der Waals surface area (Å²) in [5, 5.41) is 0. The summed E-state index contributed by atoms with van der Waals surface area (Å²) in [5.74, 6) is 0.254. The summed E-state index contributed by atoms with van der Waals surface area (Å²) in [5.41, 5.74) is -0.228. The number of carbonyl (C=O) groups excluding carboxylic acids is 2. The van der Waals surface area contributed by atoms with Gasteiger partial charge in [0.1, 0.15) is 11.6 Å². The third-order valence-corrected chi connectivity index (χ3v) is 4.97. The van der Waals surface area contributed by atoms with E-state index in [1.807, 2.05) is 6.92 Å². The number of hydrogen-bond donors (Lipinski definition) is 0. The second-order valence-corrected chi connectivity index (χ2v) is 5.65. The molecule has 2 unspecified atom stereocenters. The predicted molar refractivity (Wildman–Crippen MR) is 53.8 cm³/mol. The first kappa shape index (κ1) is 9.88. The standard InChI is InChI=1S/C12H18O2/c1-7(13)9-8-5-6-12(4,10(9)14)11(8,2)3/h8-9H,5-6H2,1-4H3/t8?,9?,12-/m0/s1. The van der Waals surface area contributed by atoms with Crippen LogP contribution in [0, 0.1) is 22.7 Å². The first-order valence-corrected chi connectivity index (χ1v) is 5.37. The molecule has 0 saturated heterocycles. The highest BCUT2D eigenvalue weighted by atomic mass is 16.2. The zero-order valence-corrected chi connectivity index (χ0v) is 9.39. The zero-order chi connectivity index (χ0) is 10.7. The topological polar surface area (TPSA) is 34.1 Å². The molecule has 14 heavy (non-hydrogen) atoms.